The third kappa shape index (κ3) is 2.22. The molecule has 0 aliphatic carbocycles. The van der Waals surface area contributed by atoms with E-state index in [0.29, 0.717) is 23.7 Å². The van der Waals surface area contributed by atoms with E-state index < -0.39 is 5.97 Å². The number of hydrogen-bond acceptors (Lipinski definition) is 5. The molecule has 6 heteroatoms. The van der Waals surface area contributed by atoms with Gasteiger partial charge in [-0.1, -0.05) is 5.21 Å². The molecule has 0 saturated heterocycles. The van der Waals surface area contributed by atoms with Crippen molar-refractivity contribution >= 4 is 5.97 Å². The average molecular weight is 246 g/mol. The van der Waals surface area contributed by atoms with Gasteiger partial charge in [0.15, 0.2) is 5.69 Å². The number of ether oxygens (including phenoxy) is 1. The van der Waals surface area contributed by atoms with Gasteiger partial charge in [-0.05, 0) is 32.9 Å². The fourth-order valence-electron chi connectivity index (χ4n) is 1.56. The normalized spacial score (nSPS) is 10.4. The van der Waals surface area contributed by atoms with Gasteiger partial charge in [-0.25, -0.2) is 9.48 Å². The van der Waals surface area contributed by atoms with Crippen molar-refractivity contribution in [1.29, 1.82) is 0 Å². The Bertz CT molecular complexity index is 560. The van der Waals surface area contributed by atoms with Crippen LogP contribution in [-0.2, 0) is 4.74 Å². The third-order valence-corrected chi connectivity index (χ3v) is 2.45. The van der Waals surface area contributed by atoms with Crippen molar-refractivity contribution in [2.45, 2.75) is 20.8 Å². The monoisotopic (exact) mass is 246 g/mol. The highest BCUT2D eigenvalue weighted by Gasteiger charge is 2.19. The molecule has 0 amide bonds. The molecule has 2 aromatic rings. The zero-order valence-corrected chi connectivity index (χ0v) is 10.5. The summed E-state index contributed by atoms with van der Waals surface area (Å²) in [4.78, 5) is 16.0. The molecule has 0 aliphatic heterocycles. The number of aromatic nitrogens is 4. The molecule has 2 aromatic heterocycles. The molecule has 0 unspecified atom stereocenters. The first-order valence-electron chi connectivity index (χ1n) is 5.66. The predicted molar refractivity (Wildman–Crippen MR) is 64.6 cm³/mol. The molecule has 2 rings (SSSR count). The molecule has 0 saturated carbocycles. The van der Waals surface area contributed by atoms with Crippen LogP contribution in [0.4, 0.5) is 0 Å². The summed E-state index contributed by atoms with van der Waals surface area (Å²) >= 11 is 0. The number of carbonyl (C=O) groups excluding carboxylic acids is 1. The summed E-state index contributed by atoms with van der Waals surface area (Å²) in [6, 6.07) is 3.68. The predicted octanol–water partition coefficient (Wildman–Crippen LogP) is 1.46. The van der Waals surface area contributed by atoms with Gasteiger partial charge < -0.3 is 4.74 Å². The van der Waals surface area contributed by atoms with E-state index in [2.05, 4.69) is 15.3 Å². The number of hydrogen-bond donors (Lipinski definition) is 0. The van der Waals surface area contributed by atoms with Crippen LogP contribution < -0.4 is 0 Å². The second-order valence-corrected chi connectivity index (χ2v) is 3.81. The largest absolute Gasteiger partial charge is 0.461 e. The fraction of sp³-hybridized carbons (Fsp3) is 0.333. The van der Waals surface area contributed by atoms with Crippen molar-refractivity contribution < 1.29 is 9.53 Å². The SMILES string of the molecule is CCOC(=O)c1c(C)nnn1-c1ccc(C)nc1. The molecule has 0 radical (unpaired) electrons. The summed E-state index contributed by atoms with van der Waals surface area (Å²) < 4.78 is 6.44. The van der Waals surface area contributed by atoms with Crippen LogP contribution in [0, 0.1) is 13.8 Å². The standard InChI is InChI=1S/C12H14N4O2/c1-4-18-12(17)11-9(3)14-15-16(11)10-6-5-8(2)13-7-10/h5-7H,4H2,1-3H3. The molecule has 0 aliphatic rings. The molecular formula is C12H14N4O2. The van der Waals surface area contributed by atoms with Crippen LogP contribution in [-0.4, -0.2) is 32.6 Å². The molecule has 0 fully saturated rings. The smallest absolute Gasteiger partial charge is 0.359 e. The number of aryl methyl sites for hydroxylation is 2. The highest BCUT2D eigenvalue weighted by molar-refractivity contribution is 5.89. The van der Waals surface area contributed by atoms with Crippen molar-refractivity contribution in [3.8, 4) is 5.69 Å². The summed E-state index contributed by atoms with van der Waals surface area (Å²) in [7, 11) is 0. The molecule has 0 bridgehead atoms. The molecule has 94 valence electrons. The van der Waals surface area contributed by atoms with E-state index in [0.717, 1.165) is 5.69 Å². The molecule has 0 spiro atoms. The number of rotatable bonds is 3. The molecule has 0 atom stereocenters. The van der Waals surface area contributed by atoms with Crippen molar-refractivity contribution in [2.24, 2.45) is 0 Å². The van der Waals surface area contributed by atoms with E-state index >= 15 is 0 Å². The van der Waals surface area contributed by atoms with Crippen LogP contribution in [0.3, 0.4) is 0 Å². The van der Waals surface area contributed by atoms with Gasteiger partial charge in [-0.15, -0.1) is 5.10 Å². The summed E-state index contributed by atoms with van der Waals surface area (Å²) in [5.74, 6) is -0.430. The molecule has 6 nitrogen and oxygen atoms in total. The van der Waals surface area contributed by atoms with Crippen molar-refractivity contribution in [2.75, 3.05) is 6.61 Å². The Labute approximate surface area is 105 Å². The zero-order valence-electron chi connectivity index (χ0n) is 10.5. The minimum Gasteiger partial charge on any atom is -0.461 e. The summed E-state index contributed by atoms with van der Waals surface area (Å²) in [5.41, 5.74) is 2.45. The minimum atomic E-state index is -0.430. The van der Waals surface area contributed by atoms with E-state index in [1.807, 2.05) is 19.1 Å². The van der Waals surface area contributed by atoms with Crippen molar-refractivity contribution in [3.05, 3.63) is 35.4 Å². The van der Waals surface area contributed by atoms with Gasteiger partial charge in [-0.2, -0.15) is 0 Å². The lowest BCUT2D eigenvalue weighted by Crippen LogP contribution is -2.13. The highest BCUT2D eigenvalue weighted by atomic mass is 16.5. The summed E-state index contributed by atoms with van der Waals surface area (Å²) in [5, 5.41) is 7.85. The third-order valence-electron chi connectivity index (χ3n) is 2.45. The molecule has 2 heterocycles. The highest BCUT2D eigenvalue weighted by Crippen LogP contribution is 2.13. The number of carbonyl (C=O) groups is 1. The molecular weight excluding hydrogens is 232 g/mol. The number of nitrogens with zero attached hydrogens (tertiary/aromatic N) is 4. The van der Waals surface area contributed by atoms with Gasteiger partial charge in [0.1, 0.15) is 0 Å². The lowest BCUT2D eigenvalue weighted by molar-refractivity contribution is 0.0515. The maximum atomic E-state index is 11.8. The summed E-state index contributed by atoms with van der Waals surface area (Å²) in [6.07, 6.45) is 1.65. The first-order chi connectivity index (χ1) is 8.63. The van der Waals surface area contributed by atoms with E-state index in [-0.39, 0.29) is 0 Å². The second kappa shape index (κ2) is 4.95. The summed E-state index contributed by atoms with van der Waals surface area (Å²) in [6.45, 7) is 5.68. The van der Waals surface area contributed by atoms with Crippen LogP contribution in [0.1, 0.15) is 28.8 Å². The van der Waals surface area contributed by atoms with E-state index in [4.69, 9.17) is 4.74 Å². The van der Waals surface area contributed by atoms with Crippen molar-refractivity contribution in [3.63, 3.8) is 0 Å². The van der Waals surface area contributed by atoms with Crippen LogP contribution in [0.2, 0.25) is 0 Å². The molecule has 18 heavy (non-hydrogen) atoms. The Morgan fingerprint density at radius 1 is 1.39 bits per heavy atom. The second-order valence-electron chi connectivity index (χ2n) is 3.81. The Morgan fingerprint density at radius 2 is 2.17 bits per heavy atom. The Morgan fingerprint density at radius 3 is 2.78 bits per heavy atom. The van der Waals surface area contributed by atoms with Gasteiger partial charge in [0, 0.05) is 5.69 Å². The van der Waals surface area contributed by atoms with Crippen LogP contribution in [0.25, 0.3) is 5.69 Å². The number of esters is 1. The maximum Gasteiger partial charge on any atom is 0.359 e. The van der Waals surface area contributed by atoms with E-state index in [1.54, 1.807) is 20.0 Å². The van der Waals surface area contributed by atoms with Gasteiger partial charge >= 0.3 is 5.97 Å². The number of pyridine rings is 1. The topological polar surface area (TPSA) is 69.9 Å². The lowest BCUT2D eigenvalue weighted by Gasteiger charge is -2.06. The van der Waals surface area contributed by atoms with Crippen LogP contribution >= 0.6 is 0 Å². The first kappa shape index (κ1) is 12.2. The molecule has 0 N–H and O–H groups in total. The van der Waals surface area contributed by atoms with Gasteiger partial charge in [0.05, 0.1) is 24.2 Å². The fourth-order valence-corrected chi connectivity index (χ4v) is 1.56. The Balaban J connectivity index is 2.45. The van der Waals surface area contributed by atoms with E-state index in [1.165, 1.54) is 4.68 Å². The van der Waals surface area contributed by atoms with Gasteiger partial charge in [0.25, 0.3) is 0 Å². The van der Waals surface area contributed by atoms with Crippen molar-refractivity contribution in [1.82, 2.24) is 20.0 Å². The minimum absolute atomic E-state index is 0.315. The van der Waals surface area contributed by atoms with Crippen LogP contribution in [0.15, 0.2) is 18.3 Å². The first-order valence-corrected chi connectivity index (χ1v) is 5.66. The lowest BCUT2D eigenvalue weighted by atomic mass is 10.3. The Hall–Kier alpha value is -2.24. The quantitative estimate of drug-likeness (QED) is 0.767. The average Bonchev–Trinajstić information content (AvgIpc) is 2.72. The molecule has 0 aromatic carbocycles. The van der Waals surface area contributed by atoms with E-state index in [9.17, 15) is 4.79 Å². The maximum absolute atomic E-state index is 11.8. The van der Waals surface area contributed by atoms with Crippen LogP contribution in [0.5, 0.6) is 0 Å². The zero-order chi connectivity index (χ0) is 13.1. The van der Waals surface area contributed by atoms with Gasteiger partial charge in [-0.3, -0.25) is 4.98 Å². The Kier molecular flexibility index (Phi) is 3.36. The van der Waals surface area contributed by atoms with Gasteiger partial charge in [0.2, 0.25) is 0 Å².